The van der Waals surface area contributed by atoms with Gasteiger partial charge in [0.2, 0.25) is 0 Å². The summed E-state index contributed by atoms with van der Waals surface area (Å²) >= 11 is 0. The van der Waals surface area contributed by atoms with Gasteiger partial charge < -0.3 is 24.4 Å². The number of benzene rings is 3. The number of rotatable bonds is 4. The quantitative estimate of drug-likeness (QED) is 0.297. The van der Waals surface area contributed by atoms with Crippen molar-refractivity contribution in [2.45, 2.75) is 13.2 Å². The van der Waals surface area contributed by atoms with Crippen molar-refractivity contribution >= 4 is 22.4 Å². The van der Waals surface area contributed by atoms with Crippen molar-refractivity contribution in [3.05, 3.63) is 69.3 Å². The lowest BCUT2D eigenvalue weighted by molar-refractivity contribution is -0.385. The average Bonchev–Trinajstić information content (AvgIpc) is 2.74. The van der Waals surface area contributed by atoms with Gasteiger partial charge in [-0.2, -0.15) is 0 Å². The maximum Gasteiger partial charge on any atom is 0.342 e. The number of nitro benzene ring substituents is 1. The summed E-state index contributed by atoms with van der Waals surface area (Å²) in [5.41, 5.74) is 0.373. The van der Waals surface area contributed by atoms with Crippen molar-refractivity contribution < 1.29 is 34.1 Å². The van der Waals surface area contributed by atoms with Gasteiger partial charge in [-0.1, -0.05) is 24.3 Å². The van der Waals surface area contributed by atoms with E-state index in [1.165, 1.54) is 12.1 Å². The van der Waals surface area contributed by atoms with Gasteiger partial charge in [-0.15, -0.1) is 0 Å². The Kier molecular flexibility index (Phi) is 4.65. The van der Waals surface area contributed by atoms with Crippen LogP contribution in [-0.4, -0.2) is 27.9 Å². The number of fused-ring (bicyclic) bond motifs is 2. The number of phenolic OH excluding ortho intramolecular Hbond substituents is 2. The molecule has 0 saturated heterocycles. The summed E-state index contributed by atoms with van der Waals surface area (Å²) in [6.07, 6.45) is 0. The summed E-state index contributed by atoms with van der Waals surface area (Å²) in [5, 5.41) is 32.4. The number of esters is 1. The number of non-ortho nitro benzene ring substituents is 1. The van der Waals surface area contributed by atoms with Crippen LogP contribution >= 0.6 is 0 Å². The summed E-state index contributed by atoms with van der Waals surface area (Å²) in [5.74, 6) is -1.04. The molecule has 1 heterocycles. The molecule has 0 radical (unpaired) electrons. The topological polar surface area (TPSA) is 128 Å². The van der Waals surface area contributed by atoms with Gasteiger partial charge in [-0.05, 0) is 6.07 Å². The molecule has 0 unspecified atom stereocenters. The van der Waals surface area contributed by atoms with Crippen molar-refractivity contribution in [3.63, 3.8) is 0 Å². The molecule has 9 nitrogen and oxygen atoms in total. The van der Waals surface area contributed by atoms with Gasteiger partial charge in [0.25, 0.3) is 5.69 Å². The van der Waals surface area contributed by atoms with E-state index in [2.05, 4.69) is 0 Å². The lowest BCUT2D eigenvalue weighted by Crippen LogP contribution is -2.15. The van der Waals surface area contributed by atoms with Crippen LogP contribution in [0.1, 0.15) is 21.5 Å². The average molecular weight is 397 g/mol. The number of hydrogen-bond acceptors (Lipinski definition) is 8. The second-order valence-electron chi connectivity index (χ2n) is 6.37. The summed E-state index contributed by atoms with van der Waals surface area (Å²) in [4.78, 5) is 23.1. The minimum atomic E-state index is -0.893. The molecule has 2 N–H and O–H groups in total. The molecule has 0 fully saturated rings. The number of carbonyl (C=O) groups is 1. The largest absolute Gasteiger partial charge is 0.507 e. The lowest BCUT2D eigenvalue weighted by atomic mass is 10.0. The Labute approximate surface area is 163 Å². The van der Waals surface area contributed by atoms with E-state index in [1.807, 2.05) is 0 Å². The van der Waals surface area contributed by atoms with Gasteiger partial charge in [0, 0.05) is 34.0 Å². The van der Waals surface area contributed by atoms with Crippen LogP contribution in [0.2, 0.25) is 0 Å². The third kappa shape index (κ3) is 3.39. The molecule has 4 rings (SSSR count). The van der Waals surface area contributed by atoms with Crippen molar-refractivity contribution in [1.29, 1.82) is 0 Å². The maximum atomic E-state index is 12.5. The fourth-order valence-electron chi connectivity index (χ4n) is 3.21. The minimum Gasteiger partial charge on any atom is -0.507 e. The van der Waals surface area contributed by atoms with Gasteiger partial charge in [-0.25, -0.2) is 4.79 Å². The number of phenols is 2. The van der Waals surface area contributed by atoms with Crippen LogP contribution in [0.15, 0.2) is 42.5 Å². The molecule has 1 aliphatic rings. The SMILES string of the molecule is O=C(OCc1cc([N+](=O)[O-])cc2c1OCOC2)c1cc(O)c2ccccc2c1O. The van der Waals surface area contributed by atoms with E-state index in [9.17, 15) is 25.1 Å². The van der Waals surface area contributed by atoms with E-state index in [4.69, 9.17) is 14.2 Å². The molecule has 0 atom stereocenters. The zero-order valence-corrected chi connectivity index (χ0v) is 15.0. The summed E-state index contributed by atoms with van der Waals surface area (Å²) in [7, 11) is 0. The highest BCUT2D eigenvalue weighted by molar-refractivity contribution is 6.03. The summed E-state index contributed by atoms with van der Waals surface area (Å²) < 4.78 is 15.8. The number of hydrogen-bond donors (Lipinski definition) is 2. The third-order valence-electron chi connectivity index (χ3n) is 4.56. The Bertz CT molecular complexity index is 1140. The first-order chi connectivity index (χ1) is 14.0. The monoisotopic (exact) mass is 397 g/mol. The molecule has 0 bridgehead atoms. The zero-order valence-electron chi connectivity index (χ0n) is 15.0. The third-order valence-corrected chi connectivity index (χ3v) is 4.56. The van der Waals surface area contributed by atoms with Crippen LogP contribution in [-0.2, 0) is 22.7 Å². The Balaban J connectivity index is 1.64. The molecule has 1 aliphatic heterocycles. The summed E-state index contributed by atoms with van der Waals surface area (Å²) in [6.45, 7) is -0.210. The second-order valence-corrected chi connectivity index (χ2v) is 6.37. The van der Waals surface area contributed by atoms with E-state index in [0.717, 1.165) is 6.07 Å². The number of nitro groups is 1. The van der Waals surface area contributed by atoms with Crippen molar-refractivity contribution in [2.75, 3.05) is 6.79 Å². The van der Waals surface area contributed by atoms with E-state index in [1.54, 1.807) is 24.3 Å². The normalized spacial score (nSPS) is 12.8. The van der Waals surface area contributed by atoms with Gasteiger partial charge >= 0.3 is 5.97 Å². The van der Waals surface area contributed by atoms with Gasteiger partial charge in [-0.3, -0.25) is 10.1 Å². The van der Waals surface area contributed by atoms with Crippen LogP contribution in [0, 0.1) is 10.1 Å². The zero-order chi connectivity index (χ0) is 20.5. The smallest absolute Gasteiger partial charge is 0.342 e. The molecule has 3 aromatic rings. The highest BCUT2D eigenvalue weighted by atomic mass is 16.7. The van der Waals surface area contributed by atoms with Gasteiger partial charge in [0.05, 0.1) is 11.5 Å². The number of carbonyl (C=O) groups excluding carboxylic acids is 1. The van der Waals surface area contributed by atoms with E-state index in [0.29, 0.717) is 27.6 Å². The van der Waals surface area contributed by atoms with Crippen LogP contribution < -0.4 is 4.74 Å². The molecule has 0 saturated carbocycles. The molecule has 0 aliphatic carbocycles. The Morgan fingerprint density at radius 2 is 1.93 bits per heavy atom. The number of ether oxygens (including phenoxy) is 3. The van der Waals surface area contributed by atoms with Crippen molar-refractivity contribution in [1.82, 2.24) is 0 Å². The first-order valence-electron chi connectivity index (χ1n) is 8.57. The van der Waals surface area contributed by atoms with Crippen LogP contribution in [0.3, 0.4) is 0 Å². The summed E-state index contributed by atoms with van der Waals surface area (Å²) in [6, 6.07) is 10.2. The van der Waals surface area contributed by atoms with E-state index in [-0.39, 0.29) is 42.8 Å². The molecule has 148 valence electrons. The highest BCUT2D eigenvalue weighted by Gasteiger charge is 2.23. The van der Waals surface area contributed by atoms with Gasteiger partial charge in [0.1, 0.15) is 29.4 Å². The number of nitrogens with zero attached hydrogens (tertiary/aromatic N) is 1. The predicted molar refractivity (Wildman–Crippen MR) is 99.8 cm³/mol. The molecule has 0 aromatic heterocycles. The first-order valence-corrected chi connectivity index (χ1v) is 8.57. The Morgan fingerprint density at radius 3 is 2.69 bits per heavy atom. The van der Waals surface area contributed by atoms with E-state index < -0.39 is 10.9 Å². The molecule has 0 amide bonds. The molecular weight excluding hydrogens is 382 g/mol. The Hall–Kier alpha value is -3.85. The minimum absolute atomic E-state index is 0.0227. The van der Waals surface area contributed by atoms with E-state index >= 15 is 0 Å². The molecule has 3 aromatic carbocycles. The highest BCUT2D eigenvalue weighted by Crippen LogP contribution is 2.36. The fourth-order valence-corrected chi connectivity index (χ4v) is 3.21. The van der Waals surface area contributed by atoms with Crippen LogP contribution in [0.5, 0.6) is 17.2 Å². The fraction of sp³-hybridized carbons (Fsp3) is 0.150. The standard InChI is InChI=1S/C20H15NO8/c22-17-7-16(18(23)15-4-2-1-3-14(15)17)20(24)28-9-12-6-13(21(25)26)5-11-8-27-10-29-19(11)12/h1-7,22-23H,8-10H2. The Morgan fingerprint density at radius 1 is 1.17 bits per heavy atom. The van der Waals surface area contributed by atoms with Crippen LogP contribution in [0.4, 0.5) is 5.69 Å². The lowest BCUT2D eigenvalue weighted by Gasteiger charge is -2.20. The molecular formula is C20H15NO8. The van der Waals surface area contributed by atoms with Crippen LogP contribution in [0.25, 0.3) is 10.8 Å². The molecule has 29 heavy (non-hydrogen) atoms. The molecule has 9 heteroatoms. The maximum absolute atomic E-state index is 12.5. The number of aromatic hydroxyl groups is 2. The first kappa shape index (κ1) is 18.5. The second kappa shape index (κ2) is 7.28. The predicted octanol–water partition coefficient (Wildman–Crippen LogP) is 3.38. The van der Waals surface area contributed by atoms with Gasteiger partial charge in [0.15, 0.2) is 6.79 Å². The van der Waals surface area contributed by atoms with Crippen molar-refractivity contribution in [3.8, 4) is 17.2 Å². The van der Waals surface area contributed by atoms with Crippen molar-refractivity contribution in [2.24, 2.45) is 0 Å². The molecule has 0 spiro atoms.